The topological polar surface area (TPSA) is 47.3 Å². The van der Waals surface area contributed by atoms with Gasteiger partial charge >= 0.3 is 0 Å². The average molecular weight is 230 g/mol. The molecule has 0 radical (unpaired) electrons. The van der Waals surface area contributed by atoms with Crippen LogP contribution in [-0.4, -0.2) is 29.8 Å². The van der Waals surface area contributed by atoms with Crippen molar-refractivity contribution in [1.29, 1.82) is 0 Å². The number of hydrogen-bond acceptors (Lipinski definition) is 4. The van der Waals surface area contributed by atoms with E-state index in [1.807, 2.05) is 0 Å². The van der Waals surface area contributed by atoms with Crippen molar-refractivity contribution < 1.29 is 4.74 Å². The van der Waals surface area contributed by atoms with Crippen LogP contribution >= 0.6 is 11.8 Å². The number of nitrogens with one attached hydrogen (secondary N) is 1. The van der Waals surface area contributed by atoms with Crippen LogP contribution in [0.1, 0.15) is 32.6 Å². The van der Waals surface area contributed by atoms with E-state index >= 15 is 0 Å². The molecule has 2 rings (SSSR count). The monoisotopic (exact) mass is 230 g/mol. The van der Waals surface area contributed by atoms with Gasteiger partial charge in [-0.05, 0) is 38.4 Å². The Balaban J connectivity index is 2.01. The zero-order valence-corrected chi connectivity index (χ0v) is 10.3. The van der Waals surface area contributed by atoms with Gasteiger partial charge in [0.25, 0.3) is 0 Å². The van der Waals surface area contributed by atoms with Crippen LogP contribution in [0.5, 0.6) is 0 Å². The van der Waals surface area contributed by atoms with Crippen LogP contribution in [0, 0.1) is 5.92 Å². The minimum absolute atomic E-state index is 0.320. The molecule has 0 saturated carbocycles. The third-order valence-electron chi connectivity index (χ3n) is 3.75. The largest absolute Gasteiger partial charge is 0.381 e. The molecule has 2 aliphatic heterocycles. The molecule has 4 heteroatoms. The number of nitrogens with two attached hydrogens (primary N) is 1. The summed E-state index contributed by atoms with van der Waals surface area (Å²) in [5, 5.41) is 0. The summed E-state index contributed by atoms with van der Waals surface area (Å²) < 4.78 is 5.88. The Morgan fingerprint density at radius 1 is 1.53 bits per heavy atom. The summed E-state index contributed by atoms with van der Waals surface area (Å²) in [7, 11) is 0. The van der Waals surface area contributed by atoms with Gasteiger partial charge in [0.05, 0.1) is 6.61 Å². The first-order valence-corrected chi connectivity index (χ1v) is 6.93. The van der Waals surface area contributed by atoms with Gasteiger partial charge in [-0.15, -0.1) is 0 Å². The second-order valence-corrected chi connectivity index (χ2v) is 6.52. The second-order valence-electron chi connectivity index (χ2n) is 4.89. The summed E-state index contributed by atoms with van der Waals surface area (Å²) in [6.45, 7) is 4.16. The predicted molar refractivity (Wildman–Crippen MR) is 64.8 cm³/mol. The van der Waals surface area contributed by atoms with Gasteiger partial charge in [-0.1, -0.05) is 0 Å². The lowest BCUT2D eigenvalue weighted by molar-refractivity contribution is 0.0332. The van der Waals surface area contributed by atoms with Crippen molar-refractivity contribution in [2.45, 2.75) is 43.4 Å². The smallest absolute Gasteiger partial charge is 0.0510 e. The van der Waals surface area contributed by atoms with E-state index in [0.717, 1.165) is 13.2 Å². The summed E-state index contributed by atoms with van der Waals surface area (Å²) in [6, 6.07) is 0.408. The lowest BCUT2D eigenvalue weighted by Gasteiger charge is -2.39. The molecule has 0 spiro atoms. The van der Waals surface area contributed by atoms with Gasteiger partial charge in [-0.2, -0.15) is 11.8 Å². The molecular weight excluding hydrogens is 208 g/mol. The Morgan fingerprint density at radius 2 is 2.40 bits per heavy atom. The highest BCUT2D eigenvalue weighted by Crippen LogP contribution is 2.43. The minimum Gasteiger partial charge on any atom is -0.381 e. The van der Waals surface area contributed by atoms with E-state index in [1.54, 1.807) is 0 Å². The van der Waals surface area contributed by atoms with E-state index in [0.29, 0.717) is 16.7 Å². The first-order chi connectivity index (χ1) is 7.26. The number of thioether (sulfide) groups is 1. The van der Waals surface area contributed by atoms with Crippen molar-refractivity contribution in [3.8, 4) is 0 Å². The maximum Gasteiger partial charge on any atom is 0.0510 e. The first-order valence-electron chi connectivity index (χ1n) is 5.94. The van der Waals surface area contributed by atoms with Crippen molar-refractivity contribution in [3.63, 3.8) is 0 Å². The predicted octanol–water partition coefficient (Wildman–Crippen LogP) is 1.53. The van der Waals surface area contributed by atoms with Gasteiger partial charge in [-0.25, -0.2) is 0 Å². The molecule has 0 aliphatic carbocycles. The highest BCUT2D eigenvalue weighted by Gasteiger charge is 2.41. The van der Waals surface area contributed by atoms with E-state index in [9.17, 15) is 0 Å². The van der Waals surface area contributed by atoms with Gasteiger partial charge in [0, 0.05) is 23.3 Å². The fraction of sp³-hybridized carbons (Fsp3) is 1.00. The maximum absolute atomic E-state index is 5.75. The molecule has 3 atom stereocenters. The number of hydrazine groups is 1. The summed E-state index contributed by atoms with van der Waals surface area (Å²) in [5.74, 6) is 7.63. The van der Waals surface area contributed by atoms with E-state index in [-0.39, 0.29) is 0 Å². The Kier molecular flexibility index (Phi) is 3.93. The molecular formula is C11H22N2OS. The van der Waals surface area contributed by atoms with Crippen LogP contribution in [0.3, 0.4) is 0 Å². The molecule has 2 fully saturated rings. The Bertz CT molecular complexity index is 201. The van der Waals surface area contributed by atoms with Gasteiger partial charge in [0.1, 0.15) is 0 Å². The third-order valence-corrected chi connectivity index (χ3v) is 5.36. The lowest BCUT2D eigenvalue weighted by Crippen LogP contribution is -2.54. The molecule has 0 aromatic carbocycles. The zero-order chi connectivity index (χ0) is 10.7. The zero-order valence-electron chi connectivity index (χ0n) is 9.50. The molecule has 15 heavy (non-hydrogen) atoms. The minimum atomic E-state index is 0.320. The number of ether oxygens (including phenoxy) is 1. The highest BCUT2D eigenvalue weighted by molar-refractivity contribution is 8.00. The molecule has 3 unspecified atom stereocenters. The number of hydrogen-bond donors (Lipinski definition) is 2. The lowest BCUT2D eigenvalue weighted by atomic mass is 9.83. The average Bonchev–Trinajstić information content (AvgIpc) is 2.68. The normalized spacial score (nSPS) is 39.2. The van der Waals surface area contributed by atoms with Crippen LogP contribution in [0.4, 0.5) is 0 Å². The van der Waals surface area contributed by atoms with E-state index in [4.69, 9.17) is 10.6 Å². The fourth-order valence-electron chi connectivity index (χ4n) is 2.89. The van der Waals surface area contributed by atoms with Crippen LogP contribution < -0.4 is 11.3 Å². The van der Waals surface area contributed by atoms with E-state index in [1.165, 1.54) is 31.4 Å². The quantitative estimate of drug-likeness (QED) is 0.570. The molecule has 88 valence electrons. The van der Waals surface area contributed by atoms with Crippen molar-refractivity contribution in [2.24, 2.45) is 11.8 Å². The Morgan fingerprint density at radius 3 is 2.93 bits per heavy atom. The molecule has 3 N–H and O–H groups in total. The van der Waals surface area contributed by atoms with Crippen LogP contribution in [0.15, 0.2) is 0 Å². The molecule has 2 saturated heterocycles. The molecule has 0 aromatic rings. The maximum atomic E-state index is 5.75. The fourth-order valence-corrected chi connectivity index (χ4v) is 4.37. The van der Waals surface area contributed by atoms with E-state index in [2.05, 4.69) is 24.1 Å². The van der Waals surface area contributed by atoms with Gasteiger partial charge in [-0.3, -0.25) is 11.3 Å². The van der Waals surface area contributed by atoms with Crippen molar-refractivity contribution in [2.75, 3.05) is 19.0 Å². The third kappa shape index (κ3) is 2.49. The SMILES string of the molecule is CC1(C(NN)C2CCCOC2)CCCS1. The second kappa shape index (κ2) is 5.04. The van der Waals surface area contributed by atoms with Crippen molar-refractivity contribution in [3.05, 3.63) is 0 Å². The molecule has 2 heterocycles. The van der Waals surface area contributed by atoms with E-state index < -0.39 is 0 Å². The summed E-state index contributed by atoms with van der Waals surface area (Å²) >= 11 is 2.07. The Hall–Kier alpha value is 0.230. The molecule has 0 bridgehead atoms. The summed E-state index contributed by atoms with van der Waals surface area (Å²) in [4.78, 5) is 0. The molecule has 0 amide bonds. The Labute approximate surface area is 96.5 Å². The standard InChI is InChI=1S/C11H22N2OS/c1-11(5-3-7-15-11)10(13-12)9-4-2-6-14-8-9/h9-10,13H,2-8,12H2,1H3. The van der Waals surface area contributed by atoms with Crippen molar-refractivity contribution >= 4 is 11.8 Å². The van der Waals surface area contributed by atoms with Gasteiger partial charge < -0.3 is 4.74 Å². The highest BCUT2D eigenvalue weighted by atomic mass is 32.2. The van der Waals surface area contributed by atoms with Crippen molar-refractivity contribution in [1.82, 2.24) is 5.43 Å². The van der Waals surface area contributed by atoms with Crippen LogP contribution in [0.2, 0.25) is 0 Å². The van der Waals surface area contributed by atoms with Crippen LogP contribution in [0.25, 0.3) is 0 Å². The molecule has 0 aromatic heterocycles. The first kappa shape index (κ1) is 11.7. The van der Waals surface area contributed by atoms with Crippen LogP contribution in [-0.2, 0) is 4.74 Å². The van der Waals surface area contributed by atoms with Gasteiger partial charge in [0.15, 0.2) is 0 Å². The summed E-state index contributed by atoms with van der Waals surface area (Å²) in [5.41, 5.74) is 3.05. The van der Waals surface area contributed by atoms with Gasteiger partial charge in [0.2, 0.25) is 0 Å². The molecule has 3 nitrogen and oxygen atoms in total. The summed E-state index contributed by atoms with van der Waals surface area (Å²) in [6.07, 6.45) is 5.05. The molecule has 2 aliphatic rings. The number of rotatable bonds is 3.